The highest BCUT2D eigenvalue weighted by atomic mass is 16.3. The minimum Gasteiger partial charge on any atom is -0.508 e. The summed E-state index contributed by atoms with van der Waals surface area (Å²) in [5.74, 6) is 0.175. The quantitative estimate of drug-likeness (QED) is 0.810. The zero-order valence-corrected chi connectivity index (χ0v) is 10.2. The summed E-state index contributed by atoms with van der Waals surface area (Å²) >= 11 is 0. The van der Waals surface area contributed by atoms with Crippen LogP contribution in [0.15, 0.2) is 24.3 Å². The molecule has 0 spiro atoms. The summed E-state index contributed by atoms with van der Waals surface area (Å²) in [6.45, 7) is 4.61. The normalized spacial score (nSPS) is 20.4. The molecule has 1 heterocycles. The van der Waals surface area contributed by atoms with Crippen LogP contribution in [-0.4, -0.2) is 59.8 Å². The van der Waals surface area contributed by atoms with E-state index in [9.17, 15) is 10.2 Å². The first-order valence-electron chi connectivity index (χ1n) is 6.03. The molecular formula is C13H20N2O2. The van der Waals surface area contributed by atoms with Crippen molar-refractivity contribution in [3.05, 3.63) is 29.8 Å². The predicted octanol–water partition coefficient (Wildman–Crippen LogP) is 0.673. The zero-order chi connectivity index (χ0) is 12.3. The Bertz CT molecular complexity index is 362. The Hall–Kier alpha value is -1.10. The number of aliphatic hydroxyl groups excluding tert-OH is 1. The molecule has 0 amide bonds. The molecule has 1 aliphatic rings. The first kappa shape index (κ1) is 12.4. The highest BCUT2D eigenvalue weighted by molar-refractivity contribution is 5.33. The summed E-state index contributed by atoms with van der Waals surface area (Å²) in [4.78, 5) is 4.51. The van der Waals surface area contributed by atoms with Crippen LogP contribution >= 0.6 is 0 Å². The first-order valence-corrected chi connectivity index (χ1v) is 6.03. The van der Waals surface area contributed by atoms with E-state index < -0.39 is 6.10 Å². The number of piperazine rings is 1. The zero-order valence-electron chi connectivity index (χ0n) is 10.2. The lowest BCUT2D eigenvalue weighted by Crippen LogP contribution is -2.45. The molecule has 4 nitrogen and oxygen atoms in total. The number of phenols is 1. The molecule has 0 aromatic heterocycles. The molecule has 2 N–H and O–H groups in total. The van der Waals surface area contributed by atoms with Crippen LogP contribution in [0.25, 0.3) is 0 Å². The second-order valence-electron chi connectivity index (χ2n) is 4.68. The Kier molecular flexibility index (Phi) is 3.99. The number of phenolic OH excluding ortho intramolecular Hbond substituents is 1. The lowest BCUT2D eigenvalue weighted by atomic mass is 10.1. The Morgan fingerprint density at radius 2 is 1.82 bits per heavy atom. The van der Waals surface area contributed by atoms with Crippen LogP contribution in [0, 0.1) is 0 Å². The van der Waals surface area contributed by atoms with Gasteiger partial charge in [0.15, 0.2) is 0 Å². The van der Waals surface area contributed by atoms with E-state index in [2.05, 4.69) is 16.8 Å². The van der Waals surface area contributed by atoms with Gasteiger partial charge in [0.1, 0.15) is 5.75 Å². The van der Waals surface area contributed by atoms with E-state index in [1.165, 1.54) is 0 Å². The van der Waals surface area contributed by atoms with Gasteiger partial charge in [0.05, 0.1) is 6.10 Å². The third kappa shape index (κ3) is 3.19. The highest BCUT2D eigenvalue weighted by Crippen LogP contribution is 2.24. The number of aromatic hydroxyl groups is 1. The van der Waals surface area contributed by atoms with Crippen LogP contribution in [0.4, 0.5) is 0 Å². The Morgan fingerprint density at radius 1 is 1.18 bits per heavy atom. The van der Waals surface area contributed by atoms with Gasteiger partial charge in [-0.15, -0.1) is 0 Å². The van der Waals surface area contributed by atoms with Crippen LogP contribution in [0.2, 0.25) is 0 Å². The second kappa shape index (κ2) is 5.49. The van der Waals surface area contributed by atoms with Crippen molar-refractivity contribution in [3.63, 3.8) is 0 Å². The van der Waals surface area contributed by atoms with Gasteiger partial charge in [-0.25, -0.2) is 0 Å². The van der Waals surface area contributed by atoms with E-state index in [0.29, 0.717) is 12.1 Å². The van der Waals surface area contributed by atoms with Crippen LogP contribution in [0.3, 0.4) is 0 Å². The smallest absolute Gasteiger partial charge is 0.121 e. The lowest BCUT2D eigenvalue weighted by Gasteiger charge is -2.33. The molecule has 4 heteroatoms. The van der Waals surface area contributed by atoms with Gasteiger partial charge in [0.25, 0.3) is 0 Å². The van der Waals surface area contributed by atoms with Crippen molar-refractivity contribution in [2.75, 3.05) is 39.8 Å². The molecule has 0 aliphatic carbocycles. The number of benzene rings is 1. The van der Waals surface area contributed by atoms with E-state index in [1.807, 2.05) is 6.07 Å². The van der Waals surface area contributed by atoms with Gasteiger partial charge in [-0.2, -0.15) is 0 Å². The van der Waals surface area contributed by atoms with Crippen molar-refractivity contribution in [3.8, 4) is 5.75 Å². The molecule has 1 aromatic rings. The van der Waals surface area contributed by atoms with Gasteiger partial charge in [-0.1, -0.05) is 18.2 Å². The maximum atomic E-state index is 10.1. The highest BCUT2D eigenvalue weighted by Gasteiger charge is 2.19. The third-order valence-corrected chi connectivity index (χ3v) is 3.32. The predicted molar refractivity (Wildman–Crippen MR) is 67.0 cm³/mol. The molecule has 1 aliphatic heterocycles. The summed E-state index contributed by atoms with van der Waals surface area (Å²) in [5.41, 5.74) is 0.617. The van der Waals surface area contributed by atoms with Gasteiger partial charge in [-0.05, 0) is 13.1 Å². The largest absolute Gasteiger partial charge is 0.508 e. The van der Waals surface area contributed by atoms with Gasteiger partial charge < -0.3 is 15.1 Å². The number of nitrogens with zero attached hydrogens (tertiary/aromatic N) is 2. The van der Waals surface area contributed by atoms with Gasteiger partial charge in [0.2, 0.25) is 0 Å². The van der Waals surface area contributed by atoms with E-state index in [4.69, 9.17) is 0 Å². The maximum absolute atomic E-state index is 10.1. The molecule has 94 valence electrons. The third-order valence-electron chi connectivity index (χ3n) is 3.32. The van der Waals surface area contributed by atoms with E-state index in [1.54, 1.807) is 18.2 Å². The fourth-order valence-corrected chi connectivity index (χ4v) is 2.14. The van der Waals surface area contributed by atoms with E-state index in [0.717, 1.165) is 26.2 Å². The average molecular weight is 236 g/mol. The van der Waals surface area contributed by atoms with Crippen molar-refractivity contribution in [1.82, 2.24) is 9.80 Å². The monoisotopic (exact) mass is 236 g/mol. The van der Waals surface area contributed by atoms with Crippen molar-refractivity contribution in [2.24, 2.45) is 0 Å². The Labute approximate surface area is 102 Å². The molecule has 1 unspecified atom stereocenters. The summed E-state index contributed by atoms with van der Waals surface area (Å²) in [7, 11) is 2.11. The van der Waals surface area contributed by atoms with Crippen LogP contribution in [-0.2, 0) is 0 Å². The van der Waals surface area contributed by atoms with E-state index >= 15 is 0 Å². The number of β-amino-alcohol motifs (C(OH)–C–C–N with tert-alkyl or cyclic N) is 1. The Morgan fingerprint density at radius 3 is 2.47 bits per heavy atom. The molecule has 1 fully saturated rings. The number of aliphatic hydroxyl groups is 1. The molecule has 0 saturated carbocycles. The second-order valence-corrected chi connectivity index (χ2v) is 4.68. The first-order chi connectivity index (χ1) is 8.16. The average Bonchev–Trinajstić information content (AvgIpc) is 2.32. The lowest BCUT2D eigenvalue weighted by molar-refractivity contribution is 0.0792. The fraction of sp³-hybridized carbons (Fsp3) is 0.538. The number of para-hydroxylation sites is 1. The molecule has 2 rings (SSSR count). The SMILES string of the molecule is CN1CCN(CC(O)c2ccccc2O)CC1. The van der Waals surface area contributed by atoms with Crippen LogP contribution in [0.5, 0.6) is 5.75 Å². The van der Waals surface area contributed by atoms with Crippen molar-refractivity contribution >= 4 is 0 Å². The molecule has 1 atom stereocenters. The molecular weight excluding hydrogens is 216 g/mol. The summed E-state index contributed by atoms with van der Waals surface area (Å²) in [6, 6.07) is 6.99. The van der Waals surface area contributed by atoms with Crippen molar-refractivity contribution < 1.29 is 10.2 Å². The van der Waals surface area contributed by atoms with Gasteiger partial charge in [-0.3, -0.25) is 4.90 Å². The molecule has 1 aromatic carbocycles. The standard InChI is InChI=1S/C13H20N2O2/c1-14-6-8-15(9-7-14)10-13(17)11-4-2-3-5-12(11)16/h2-5,13,16-17H,6-10H2,1H3. The molecule has 0 radical (unpaired) electrons. The van der Waals surface area contributed by atoms with Gasteiger partial charge in [0, 0.05) is 38.3 Å². The summed E-state index contributed by atoms with van der Waals surface area (Å²) < 4.78 is 0. The van der Waals surface area contributed by atoms with Crippen LogP contribution in [0.1, 0.15) is 11.7 Å². The number of likely N-dealkylation sites (N-methyl/N-ethyl adjacent to an activating group) is 1. The molecule has 0 bridgehead atoms. The number of hydrogen-bond donors (Lipinski definition) is 2. The fourth-order valence-electron chi connectivity index (χ4n) is 2.14. The number of rotatable bonds is 3. The van der Waals surface area contributed by atoms with E-state index in [-0.39, 0.29) is 5.75 Å². The topological polar surface area (TPSA) is 46.9 Å². The molecule has 17 heavy (non-hydrogen) atoms. The summed E-state index contributed by atoms with van der Waals surface area (Å²) in [6.07, 6.45) is -0.611. The summed E-state index contributed by atoms with van der Waals surface area (Å²) in [5, 5.41) is 19.8. The maximum Gasteiger partial charge on any atom is 0.121 e. The minimum absolute atomic E-state index is 0.175. The van der Waals surface area contributed by atoms with Gasteiger partial charge >= 0.3 is 0 Å². The van der Waals surface area contributed by atoms with Crippen molar-refractivity contribution in [2.45, 2.75) is 6.10 Å². The minimum atomic E-state index is -0.611. The van der Waals surface area contributed by atoms with Crippen molar-refractivity contribution in [1.29, 1.82) is 0 Å². The van der Waals surface area contributed by atoms with Crippen LogP contribution < -0.4 is 0 Å². The molecule has 1 saturated heterocycles. The Balaban J connectivity index is 1.93. The number of hydrogen-bond acceptors (Lipinski definition) is 4.